The van der Waals surface area contributed by atoms with Gasteiger partial charge in [-0.2, -0.15) is 0 Å². The lowest BCUT2D eigenvalue weighted by Gasteiger charge is -2.19. The Balaban J connectivity index is 2.34. The largest absolute Gasteiger partial charge is 0.497 e. The normalized spacial score (nSPS) is 12.6. The highest BCUT2D eigenvalue weighted by Gasteiger charge is 2.28. The molecule has 0 aromatic heterocycles. The van der Waals surface area contributed by atoms with Gasteiger partial charge in [0.05, 0.1) is 31.9 Å². The zero-order valence-corrected chi connectivity index (χ0v) is 16.4. The number of rotatable bonds is 7. The fourth-order valence-electron chi connectivity index (χ4n) is 2.48. The van der Waals surface area contributed by atoms with E-state index in [0.29, 0.717) is 16.3 Å². The summed E-state index contributed by atoms with van der Waals surface area (Å²) in [5.41, 5.74) is 6.71. The zero-order chi connectivity index (χ0) is 20.8. The molecule has 1 amide bonds. The molecule has 2 atom stereocenters. The van der Waals surface area contributed by atoms with Crippen LogP contribution < -0.4 is 15.8 Å². The number of nitrogens with two attached hydrogens (primary N) is 1. The van der Waals surface area contributed by atoms with Crippen molar-refractivity contribution < 1.29 is 23.9 Å². The molecule has 0 saturated heterocycles. The first kappa shape index (κ1) is 21.4. The van der Waals surface area contributed by atoms with E-state index in [9.17, 15) is 14.4 Å². The average molecular weight is 405 g/mol. The van der Waals surface area contributed by atoms with E-state index in [-0.39, 0.29) is 17.0 Å². The molecule has 8 heteroatoms. The van der Waals surface area contributed by atoms with E-state index in [1.165, 1.54) is 33.3 Å². The van der Waals surface area contributed by atoms with Crippen LogP contribution in [0.2, 0.25) is 5.02 Å². The Bertz CT molecular complexity index is 883. The fourth-order valence-corrected chi connectivity index (χ4v) is 2.61. The number of methoxy groups -OCH3 is 2. The van der Waals surface area contributed by atoms with E-state index in [1.807, 2.05) is 0 Å². The molecule has 0 bridgehead atoms. The molecule has 0 aliphatic rings. The van der Waals surface area contributed by atoms with E-state index < -0.39 is 23.8 Å². The summed E-state index contributed by atoms with van der Waals surface area (Å²) in [4.78, 5) is 37.0. The first-order valence-electron chi connectivity index (χ1n) is 8.41. The van der Waals surface area contributed by atoms with Gasteiger partial charge in [-0.05, 0) is 49.4 Å². The molecule has 0 radical (unpaired) electrons. The van der Waals surface area contributed by atoms with E-state index >= 15 is 0 Å². The van der Waals surface area contributed by atoms with Crippen LogP contribution in [0.4, 0.5) is 5.69 Å². The van der Waals surface area contributed by atoms with Crippen molar-refractivity contribution in [1.82, 2.24) is 0 Å². The Morgan fingerprint density at radius 2 is 1.71 bits per heavy atom. The highest BCUT2D eigenvalue weighted by atomic mass is 35.5. The van der Waals surface area contributed by atoms with Gasteiger partial charge in [0.15, 0.2) is 5.78 Å². The summed E-state index contributed by atoms with van der Waals surface area (Å²) < 4.78 is 9.79. The van der Waals surface area contributed by atoms with Gasteiger partial charge < -0.3 is 20.5 Å². The van der Waals surface area contributed by atoms with Gasteiger partial charge in [-0.1, -0.05) is 11.6 Å². The van der Waals surface area contributed by atoms with E-state index in [4.69, 9.17) is 22.1 Å². The summed E-state index contributed by atoms with van der Waals surface area (Å²) in [6.07, 6.45) is 0. The Labute approximate surface area is 167 Å². The lowest BCUT2D eigenvalue weighted by Crippen LogP contribution is -2.44. The summed E-state index contributed by atoms with van der Waals surface area (Å²) in [5, 5.41) is 3.11. The van der Waals surface area contributed by atoms with Gasteiger partial charge >= 0.3 is 5.97 Å². The van der Waals surface area contributed by atoms with Gasteiger partial charge in [0, 0.05) is 16.1 Å². The predicted octanol–water partition coefficient (Wildman–Crippen LogP) is 2.65. The first-order chi connectivity index (χ1) is 13.3. The Morgan fingerprint density at radius 1 is 1.07 bits per heavy atom. The summed E-state index contributed by atoms with van der Waals surface area (Å²) in [5.74, 6) is -1.95. The second-order valence-electron chi connectivity index (χ2n) is 6.07. The van der Waals surface area contributed by atoms with Crippen LogP contribution in [0.25, 0.3) is 0 Å². The van der Waals surface area contributed by atoms with Crippen LogP contribution in [-0.4, -0.2) is 37.9 Å². The minimum Gasteiger partial charge on any atom is -0.497 e. The molecule has 0 fully saturated rings. The summed E-state index contributed by atoms with van der Waals surface area (Å²) >= 11 is 5.87. The topological polar surface area (TPSA) is 108 Å². The van der Waals surface area contributed by atoms with Crippen molar-refractivity contribution in [2.24, 2.45) is 11.7 Å². The molecule has 2 rings (SSSR count). The molecule has 0 spiro atoms. The van der Waals surface area contributed by atoms with Crippen LogP contribution in [0, 0.1) is 5.92 Å². The first-order valence-corrected chi connectivity index (χ1v) is 8.78. The molecule has 28 heavy (non-hydrogen) atoms. The number of nitrogens with one attached hydrogen (secondary N) is 1. The number of hydrogen-bond donors (Lipinski definition) is 2. The van der Waals surface area contributed by atoms with Gasteiger partial charge in [0.1, 0.15) is 5.75 Å². The molecular formula is C20H21ClN2O5. The maximum atomic E-state index is 12.9. The van der Waals surface area contributed by atoms with Crippen LogP contribution in [0.5, 0.6) is 5.75 Å². The number of amides is 1. The van der Waals surface area contributed by atoms with Crippen molar-refractivity contribution in [3.63, 3.8) is 0 Å². The number of halogens is 1. The van der Waals surface area contributed by atoms with Gasteiger partial charge in [0.25, 0.3) is 0 Å². The molecule has 0 unspecified atom stereocenters. The van der Waals surface area contributed by atoms with Crippen LogP contribution >= 0.6 is 11.6 Å². The highest BCUT2D eigenvalue weighted by Crippen LogP contribution is 2.26. The highest BCUT2D eigenvalue weighted by molar-refractivity contribution is 6.30. The molecule has 3 N–H and O–H groups in total. The van der Waals surface area contributed by atoms with E-state index in [0.717, 1.165) is 0 Å². The number of ether oxygens (including phenoxy) is 2. The predicted molar refractivity (Wildman–Crippen MR) is 106 cm³/mol. The second-order valence-corrected chi connectivity index (χ2v) is 6.51. The number of esters is 1. The van der Waals surface area contributed by atoms with Crippen LogP contribution in [-0.2, 0) is 14.3 Å². The lowest BCUT2D eigenvalue weighted by atomic mass is 9.99. The molecule has 2 aromatic carbocycles. The van der Waals surface area contributed by atoms with Crippen molar-refractivity contribution in [3.05, 3.63) is 58.6 Å². The Kier molecular flexibility index (Phi) is 7.14. The number of carbonyl (C=O) groups excluding carboxylic acids is 3. The molecular weight excluding hydrogens is 384 g/mol. The molecule has 0 heterocycles. The van der Waals surface area contributed by atoms with Gasteiger partial charge in [-0.25, -0.2) is 0 Å². The zero-order valence-electron chi connectivity index (χ0n) is 15.7. The maximum Gasteiger partial charge on any atom is 0.310 e. The minimum absolute atomic E-state index is 0.216. The van der Waals surface area contributed by atoms with Crippen LogP contribution in [0.1, 0.15) is 22.8 Å². The summed E-state index contributed by atoms with van der Waals surface area (Å²) in [7, 11) is 2.69. The quantitative estimate of drug-likeness (QED) is 0.542. The summed E-state index contributed by atoms with van der Waals surface area (Å²) in [6.45, 7) is 1.49. The van der Waals surface area contributed by atoms with E-state index in [1.54, 1.807) is 30.3 Å². The second kappa shape index (κ2) is 9.34. The van der Waals surface area contributed by atoms with Crippen molar-refractivity contribution in [2.75, 3.05) is 19.5 Å². The molecule has 148 valence electrons. The lowest BCUT2D eigenvalue weighted by molar-refractivity contribution is -0.147. The number of anilines is 1. The Morgan fingerprint density at radius 3 is 2.29 bits per heavy atom. The monoisotopic (exact) mass is 404 g/mol. The molecule has 2 aromatic rings. The molecule has 0 aliphatic carbocycles. The van der Waals surface area contributed by atoms with Crippen molar-refractivity contribution in [2.45, 2.75) is 13.0 Å². The maximum absolute atomic E-state index is 12.9. The van der Waals surface area contributed by atoms with Gasteiger partial charge in [0.2, 0.25) is 5.91 Å². The summed E-state index contributed by atoms with van der Waals surface area (Å²) in [6, 6.07) is 9.87. The SMILES string of the molecule is COC(=O)[C@H](C)[C@H](N)C(=O)Nc1ccc(OC)cc1C(=O)c1ccc(Cl)cc1. The van der Waals surface area contributed by atoms with Crippen LogP contribution in [0.3, 0.4) is 0 Å². The Hall–Kier alpha value is -2.90. The minimum atomic E-state index is -1.15. The van der Waals surface area contributed by atoms with Crippen molar-refractivity contribution in [1.29, 1.82) is 0 Å². The van der Waals surface area contributed by atoms with Crippen LogP contribution in [0.15, 0.2) is 42.5 Å². The molecule has 0 aliphatic heterocycles. The third-order valence-electron chi connectivity index (χ3n) is 4.25. The molecule has 0 saturated carbocycles. The fraction of sp³-hybridized carbons (Fsp3) is 0.250. The van der Waals surface area contributed by atoms with Gasteiger partial charge in [-0.15, -0.1) is 0 Å². The molecule has 7 nitrogen and oxygen atoms in total. The third kappa shape index (κ3) is 4.88. The number of benzene rings is 2. The number of carbonyl (C=O) groups is 3. The third-order valence-corrected chi connectivity index (χ3v) is 4.50. The van der Waals surface area contributed by atoms with E-state index in [2.05, 4.69) is 10.1 Å². The smallest absolute Gasteiger partial charge is 0.310 e. The average Bonchev–Trinajstić information content (AvgIpc) is 2.72. The van der Waals surface area contributed by atoms with Gasteiger partial charge in [-0.3, -0.25) is 14.4 Å². The number of hydrogen-bond acceptors (Lipinski definition) is 6. The van der Waals surface area contributed by atoms with Crippen molar-refractivity contribution >= 4 is 34.9 Å². The van der Waals surface area contributed by atoms with Crippen molar-refractivity contribution in [3.8, 4) is 5.75 Å². The number of ketones is 1. The standard InChI is InChI=1S/C20H21ClN2O5/c1-11(20(26)28-3)17(22)19(25)23-16-9-8-14(27-2)10-15(16)18(24)12-4-6-13(21)7-5-12/h4-11,17H,22H2,1-3H3,(H,23,25)/t11-,17+/m1/s1.